The van der Waals surface area contributed by atoms with Gasteiger partial charge in [-0.25, -0.2) is 0 Å². The van der Waals surface area contributed by atoms with E-state index in [1.54, 1.807) is 0 Å². The molecule has 27 rings (SSSR count). The standard InChI is InChI=1S/C112H60S/c1-3-21-64(22-4-1)98-93-59-89-77-28-11-9-26-75(77)81-33-17-38-86(103(81)89)107(93)101(111-92-58-70-52-46-63-20-7-8-25-72(63)96(70)83-35-18-39-87(104(83)92)108(98)111)67-49-44-62(45-50-67)61-42-47-66(48-43-61)99-94-60-90-78-29-12-10-27-76(78)80-32-16-37-85(102(80)90)106(94)100(65-23-5-2-6-24-65)109-88-40-19-36-84-97-71(57-91(105(84)88)110(99)109)53-51-68-56-69(54-55-73(68)97)74-31-15-34-82-79-30-13-14-41-95(79)113-112(74)82/h1-60H. The summed E-state index contributed by atoms with van der Waals surface area (Å²) in [5, 5.41) is 49.2. The summed E-state index contributed by atoms with van der Waals surface area (Å²) >= 11 is 1.90. The number of hydrogen-bond acceptors (Lipinski definition) is 1. The van der Waals surface area contributed by atoms with Crippen molar-refractivity contribution < 1.29 is 0 Å². The van der Waals surface area contributed by atoms with Crippen LogP contribution >= 0.6 is 11.3 Å². The highest BCUT2D eigenvalue weighted by atomic mass is 32.1. The largest absolute Gasteiger partial charge is 0.135 e. The van der Waals surface area contributed by atoms with E-state index in [4.69, 9.17) is 0 Å². The predicted molar refractivity (Wildman–Crippen MR) is 492 cm³/mol. The molecule has 0 amide bonds. The van der Waals surface area contributed by atoms with Gasteiger partial charge in [0.15, 0.2) is 0 Å². The molecule has 0 aliphatic heterocycles. The molecule has 0 spiro atoms. The molecule has 1 heterocycles. The van der Waals surface area contributed by atoms with Crippen LogP contribution in [0.25, 0.3) is 281 Å². The van der Waals surface area contributed by atoms with Crippen molar-refractivity contribution in [2.45, 2.75) is 0 Å². The number of hydrogen-bond donors (Lipinski definition) is 0. The quantitative estimate of drug-likeness (QED) is 0.146. The minimum Gasteiger partial charge on any atom is -0.135 e. The average Bonchev–Trinajstić information content (AvgIpc) is 1.54. The second kappa shape index (κ2) is 22.2. The first-order valence-electron chi connectivity index (χ1n) is 39.5. The number of benzene rings is 22. The number of fused-ring (bicyclic) bond motifs is 27. The molecule has 1 heteroatoms. The van der Waals surface area contributed by atoms with Crippen LogP contribution in [0.5, 0.6) is 0 Å². The van der Waals surface area contributed by atoms with E-state index in [1.807, 2.05) is 11.3 Å². The molecule has 26 aromatic carbocycles. The minimum absolute atomic E-state index is 1.17. The number of rotatable bonds is 6. The Morgan fingerprint density at radius 1 is 0.133 bits per heavy atom. The van der Waals surface area contributed by atoms with Crippen molar-refractivity contribution in [3.05, 3.63) is 364 Å². The molecule has 514 valence electrons. The summed E-state index contributed by atoms with van der Waals surface area (Å²) in [6.07, 6.45) is 0. The Morgan fingerprint density at radius 2 is 0.478 bits per heavy atom. The third kappa shape index (κ3) is 7.98. The molecule has 113 heavy (non-hydrogen) atoms. The van der Waals surface area contributed by atoms with E-state index in [0.717, 1.165) is 0 Å². The molecule has 1 aromatic heterocycles. The lowest BCUT2D eigenvalue weighted by molar-refractivity contribution is 1.61. The van der Waals surface area contributed by atoms with Crippen molar-refractivity contribution in [1.29, 1.82) is 0 Å². The van der Waals surface area contributed by atoms with E-state index in [0.29, 0.717) is 0 Å². The lowest BCUT2D eigenvalue weighted by atomic mass is 9.83. The maximum Gasteiger partial charge on any atom is 0.0433 e. The Balaban J connectivity index is 0.700. The van der Waals surface area contributed by atoms with Gasteiger partial charge in [0.05, 0.1) is 0 Å². The van der Waals surface area contributed by atoms with E-state index in [2.05, 4.69) is 364 Å². The second-order valence-corrected chi connectivity index (χ2v) is 32.7. The fourth-order valence-electron chi connectivity index (χ4n) is 21.8. The summed E-state index contributed by atoms with van der Waals surface area (Å²) in [7, 11) is 0. The topological polar surface area (TPSA) is 0 Å². The Labute approximate surface area is 651 Å². The Bertz CT molecular complexity index is 8870. The minimum atomic E-state index is 1.17. The fourth-order valence-corrected chi connectivity index (χ4v) is 23.0. The van der Waals surface area contributed by atoms with Crippen LogP contribution in [0.3, 0.4) is 0 Å². The van der Waals surface area contributed by atoms with Crippen LogP contribution in [0.1, 0.15) is 0 Å². The first kappa shape index (κ1) is 60.6. The molecule has 0 fully saturated rings. The van der Waals surface area contributed by atoms with E-state index < -0.39 is 0 Å². The van der Waals surface area contributed by atoms with Crippen molar-refractivity contribution >= 4 is 225 Å². The monoisotopic (exact) mass is 1440 g/mol. The van der Waals surface area contributed by atoms with Crippen molar-refractivity contribution in [2.75, 3.05) is 0 Å². The molecule has 0 aliphatic rings. The zero-order chi connectivity index (χ0) is 73.2. The summed E-state index contributed by atoms with van der Waals surface area (Å²) in [5.74, 6) is 0. The number of thiophene rings is 1. The predicted octanol–water partition coefficient (Wildman–Crippen LogP) is 32.6. The highest BCUT2D eigenvalue weighted by Crippen LogP contribution is 2.59. The van der Waals surface area contributed by atoms with Gasteiger partial charge < -0.3 is 0 Å². The van der Waals surface area contributed by atoms with E-state index in [-0.39, 0.29) is 0 Å². The van der Waals surface area contributed by atoms with Crippen LogP contribution < -0.4 is 0 Å². The van der Waals surface area contributed by atoms with Gasteiger partial charge in [0.1, 0.15) is 0 Å². The Kier molecular flexibility index (Phi) is 11.9. The summed E-state index contributed by atoms with van der Waals surface area (Å²) in [6, 6.07) is 140. The van der Waals surface area contributed by atoms with Crippen LogP contribution in [0.2, 0.25) is 0 Å². The maximum atomic E-state index is 2.58. The smallest absolute Gasteiger partial charge is 0.0433 e. The second-order valence-electron chi connectivity index (χ2n) is 31.7. The Hall–Kier alpha value is -14.3. The highest BCUT2D eigenvalue weighted by molar-refractivity contribution is 7.26. The molecule has 0 unspecified atom stereocenters. The van der Waals surface area contributed by atoms with Crippen LogP contribution in [0.15, 0.2) is 364 Å². The summed E-state index contributed by atoms with van der Waals surface area (Å²) < 4.78 is 2.66. The fraction of sp³-hybridized carbons (Fsp3) is 0. The third-order valence-electron chi connectivity index (χ3n) is 26.3. The molecular weight excluding hydrogens is 1380 g/mol. The molecule has 0 aliphatic carbocycles. The van der Waals surface area contributed by atoms with Gasteiger partial charge in [-0.05, 0) is 297 Å². The van der Waals surface area contributed by atoms with Crippen molar-refractivity contribution in [3.8, 4) is 66.8 Å². The maximum absolute atomic E-state index is 2.58. The van der Waals surface area contributed by atoms with E-state index >= 15 is 0 Å². The average molecular weight is 1440 g/mol. The van der Waals surface area contributed by atoms with Crippen LogP contribution in [0, 0.1) is 0 Å². The summed E-state index contributed by atoms with van der Waals surface area (Å²) in [5.41, 5.74) is 14.8. The van der Waals surface area contributed by atoms with Crippen LogP contribution in [-0.2, 0) is 0 Å². The molecule has 27 aromatic rings. The SMILES string of the molecule is c1ccc(-c2c3cc4c5ccccc5c5cccc(c3c(-c3ccc(-c6ccc(-c7c8cc9c%10ccccc%10c%10cccc(c8c(-c8ccccc8)c8c%11cccc%12c%13c(ccc%14cc(-c%15cccc%16c%15sc%15ccccc%15%16)ccc%14%13)cc(c78)c%11%12)c%109)cc6)cc3)c3c6cc7ccc8ccccc8c7c7cccc(c23)c67)c54)cc1. The molecule has 0 radical (unpaired) electrons. The summed E-state index contributed by atoms with van der Waals surface area (Å²) in [6.45, 7) is 0. The zero-order valence-corrected chi connectivity index (χ0v) is 61.9. The molecule has 0 saturated carbocycles. The molecule has 0 saturated heterocycles. The molecule has 0 nitrogen and oxygen atoms in total. The molecule has 0 N–H and O–H groups in total. The highest BCUT2D eigenvalue weighted by Gasteiger charge is 2.31. The van der Waals surface area contributed by atoms with Crippen LogP contribution in [-0.4, -0.2) is 0 Å². The first-order chi connectivity index (χ1) is 56.1. The van der Waals surface area contributed by atoms with E-state index in [9.17, 15) is 0 Å². The molecular formula is C112H60S. The first-order valence-corrected chi connectivity index (χ1v) is 40.3. The zero-order valence-electron chi connectivity index (χ0n) is 61.0. The van der Waals surface area contributed by atoms with Gasteiger partial charge >= 0.3 is 0 Å². The lowest BCUT2D eigenvalue weighted by Gasteiger charge is -2.20. The van der Waals surface area contributed by atoms with Crippen molar-refractivity contribution in [1.82, 2.24) is 0 Å². The van der Waals surface area contributed by atoms with Crippen molar-refractivity contribution in [2.24, 2.45) is 0 Å². The van der Waals surface area contributed by atoms with Gasteiger partial charge in [-0.15, -0.1) is 11.3 Å². The van der Waals surface area contributed by atoms with Gasteiger partial charge in [-0.2, -0.15) is 0 Å². The summed E-state index contributed by atoms with van der Waals surface area (Å²) in [4.78, 5) is 0. The van der Waals surface area contributed by atoms with Gasteiger partial charge in [-0.3, -0.25) is 0 Å². The van der Waals surface area contributed by atoms with E-state index in [1.165, 1.54) is 281 Å². The molecule has 0 atom stereocenters. The van der Waals surface area contributed by atoms with Gasteiger partial charge in [-0.1, -0.05) is 328 Å². The Morgan fingerprint density at radius 3 is 1.04 bits per heavy atom. The normalized spacial score (nSPS) is 12.6. The molecule has 0 bridgehead atoms. The lowest BCUT2D eigenvalue weighted by Crippen LogP contribution is -1.92. The van der Waals surface area contributed by atoms with Gasteiger partial charge in [0, 0.05) is 20.2 Å². The van der Waals surface area contributed by atoms with Crippen molar-refractivity contribution in [3.63, 3.8) is 0 Å². The van der Waals surface area contributed by atoms with Gasteiger partial charge in [0.25, 0.3) is 0 Å². The van der Waals surface area contributed by atoms with Gasteiger partial charge in [0.2, 0.25) is 0 Å². The third-order valence-corrected chi connectivity index (χ3v) is 27.5. The van der Waals surface area contributed by atoms with Crippen LogP contribution in [0.4, 0.5) is 0 Å².